The van der Waals surface area contributed by atoms with Gasteiger partial charge >= 0.3 is 0 Å². The van der Waals surface area contributed by atoms with Gasteiger partial charge in [0.25, 0.3) is 5.91 Å². The van der Waals surface area contributed by atoms with Crippen molar-refractivity contribution in [3.8, 4) is 0 Å². The quantitative estimate of drug-likeness (QED) is 0.697. The number of aromatic nitrogens is 3. The molecule has 0 saturated heterocycles. The van der Waals surface area contributed by atoms with Gasteiger partial charge in [0.15, 0.2) is 0 Å². The summed E-state index contributed by atoms with van der Waals surface area (Å²) >= 11 is 0. The minimum atomic E-state index is -0.129. The number of nitrogens with zero attached hydrogens (tertiary/aromatic N) is 4. The molecule has 2 heterocycles. The molecule has 0 aliphatic carbocycles. The van der Waals surface area contributed by atoms with Crippen LogP contribution in [0.1, 0.15) is 28.5 Å². The molecular weight excluding hydrogens is 338 g/mol. The van der Waals surface area contributed by atoms with Crippen molar-refractivity contribution in [2.75, 3.05) is 18.9 Å². The van der Waals surface area contributed by atoms with E-state index in [2.05, 4.69) is 39.3 Å². The topological polar surface area (TPSA) is 71.0 Å². The maximum absolute atomic E-state index is 12.6. The number of pyridine rings is 1. The number of carbonyl (C=O) groups excluding carboxylic acids is 1. The summed E-state index contributed by atoms with van der Waals surface area (Å²) in [7, 11) is 1.78. The van der Waals surface area contributed by atoms with Gasteiger partial charge < -0.3 is 10.2 Å². The van der Waals surface area contributed by atoms with Gasteiger partial charge in [0.05, 0.1) is 0 Å². The molecular formula is C21H23N5O. The van der Waals surface area contributed by atoms with E-state index in [9.17, 15) is 4.79 Å². The molecule has 0 radical (unpaired) electrons. The summed E-state index contributed by atoms with van der Waals surface area (Å²) in [6.45, 7) is 2.73. The molecule has 0 saturated carbocycles. The van der Waals surface area contributed by atoms with E-state index in [1.807, 2.05) is 24.3 Å². The maximum Gasteiger partial charge on any atom is 0.272 e. The predicted octanol–water partition coefficient (Wildman–Crippen LogP) is 3.49. The Balaban J connectivity index is 1.63. The van der Waals surface area contributed by atoms with Crippen LogP contribution in [-0.2, 0) is 12.8 Å². The van der Waals surface area contributed by atoms with Gasteiger partial charge in [-0.15, -0.1) is 0 Å². The van der Waals surface area contributed by atoms with Gasteiger partial charge in [-0.3, -0.25) is 9.78 Å². The molecule has 0 spiro atoms. The number of nitrogens with one attached hydrogen (secondary N) is 1. The lowest BCUT2D eigenvalue weighted by atomic mass is 10.1. The van der Waals surface area contributed by atoms with Crippen molar-refractivity contribution in [3.63, 3.8) is 0 Å². The van der Waals surface area contributed by atoms with Crippen LogP contribution in [-0.4, -0.2) is 39.4 Å². The van der Waals surface area contributed by atoms with E-state index >= 15 is 0 Å². The number of hydrogen-bond acceptors (Lipinski definition) is 5. The molecule has 138 valence electrons. The van der Waals surface area contributed by atoms with E-state index in [1.165, 1.54) is 11.9 Å². The number of anilines is 2. The molecule has 0 unspecified atom stereocenters. The van der Waals surface area contributed by atoms with Crippen LogP contribution in [0, 0.1) is 0 Å². The third-order valence-electron chi connectivity index (χ3n) is 4.35. The van der Waals surface area contributed by atoms with Crippen LogP contribution in [0.5, 0.6) is 0 Å². The van der Waals surface area contributed by atoms with Gasteiger partial charge in [0.1, 0.15) is 17.8 Å². The Kier molecular flexibility index (Phi) is 6.10. The molecule has 1 N–H and O–H groups in total. The third-order valence-corrected chi connectivity index (χ3v) is 4.35. The average molecular weight is 361 g/mol. The van der Waals surface area contributed by atoms with Crippen LogP contribution in [0.4, 0.5) is 11.5 Å². The predicted molar refractivity (Wildman–Crippen MR) is 106 cm³/mol. The number of aryl methyl sites for hydroxylation is 1. The van der Waals surface area contributed by atoms with Gasteiger partial charge in [0, 0.05) is 37.7 Å². The largest absolute Gasteiger partial charge is 0.340 e. The van der Waals surface area contributed by atoms with E-state index < -0.39 is 0 Å². The zero-order chi connectivity index (χ0) is 19.1. The van der Waals surface area contributed by atoms with Crippen LogP contribution in [0.15, 0.2) is 61.2 Å². The second kappa shape index (κ2) is 8.89. The fourth-order valence-electron chi connectivity index (χ4n) is 2.66. The van der Waals surface area contributed by atoms with Gasteiger partial charge in [-0.2, -0.15) is 0 Å². The van der Waals surface area contributed by atoms with Crippen molar-refractivity contribution in [2.45, 2.75) is 19.8 Å². The first-order chi connectivity index (χ1) is 13.2. The first-order valence-electron chi connectivity index (χ1n) is 8.98. The van der Waals surface area contributed by atoms with Crippen LogP contribution in [0.25, 0.3) is 0 Å². The van der Waals surface area contributed by atoms with E-state index in [4.69, 9.17) is 0 Å². The van der Waals surface area contributed by atoms with Crippen LogP contribution in [0.2, 0.25) is 0 Å². The Morgan fingerprint density at radius 3 is 2.48 bits per heavy atom. The van der Waals surface area contributed by atoms with Crippen molar-refractivity contribution in [3.05, 3.63) is 78.0 Å². The van der Waals surface area contributed by atoms with Crippen LogP contribution in [0.3, 0.4) is 0 Å². The van der Waals surface area contributed by atoms with Gasteiger partial charge in [-0.25, -0.2) is 9.97 Å². The third kappa shape index (κ3) is 5.10. The summed E-state index contributed by atoms with van der Waals surface area (Å²) in [6.07, 6.45) is 6.69. The fourth-order valence-corrected chi connectivity index (χ4v) is 2.66. The molecule has 0 atom stereocenters. The summed E-state index contributed by atoms with van der Waals surface area (Å²) in [5.74, 6) is 0.468. The minimum Gasteiger partial charge on any atom is -0.340 e. The SMILES string of the molecule is CCc1ccc(Nc2cc(C(=O)N(C)CCc3ccncc3)ncn2)cc1. The fraction of sp³-hybridized carbons (Fsp3) is 0.238. The Hall–Kier alpha value is -3.28. The molecule has 2 aromatic heterocycles. The van der Waals surface area contributed by atoms with Gasteiger partial charge in [0.2, 0.25) is 0 Å². The van der Waals surface area contributed by atoms with E-state index in [1.54, 1.807) is 30.4 Å². The van der Waals surface area contributed by atoms with E-state index in [0.717, 1.165) is 24.1 Å². The van der Waals surface area contributed by atoms with Crippen LogP contribution < -0.4 is 5.32 Å². The minimum absolute atomic E-state index is 0.129. The highest BCUT2D eigenvalue weighted by Gasteiger charge is 2.14. The number of rotatable bonds is 7. The molecule has 0 fully saturated rings. The van der Waals surface area contributed by atoms with Gasteiger partial charge in [-0.05, 0) is 48.2 Å². The molecule has 3 aromatic rings. The molecule has 1 amide bonds. The number of hydrogen-bond donors (Lipinski definition) is 1. The number of amides is 1. The Morgan fingerprint density at radius 2 is 1.78 bits per heavy atom. The standard InChI is InChI=1S/C21H23N5O/c1-3-16-4-6-18(7-5-16)25-20-14-19(23-15-24-20)21(27)26(2)13-10-17-8-11-22-12-9-17/h4-9,11-12,14-15H,3,10,13H2,1-2H3,(H,23,24,25). The summed E-state index contributed by atoms with van der Waals surface area (Å²) in [5, 5.41) is 3.22. The highest BCUT2D eigenvalue weighted by molar-refractivity contribution is 5.92. The summed E-state index contributed by atoms with van der Waals surface area (Å²) in [4.78, 5) is 26.7. The summed E-state index contributed by atoms with van der Waals surface area (Å²) < 4.78 is 0. The number of likely N-dealkylation sites (N-methyl/N-ethyl adjacent to an activating group) is 1. The first kappa shape index (κ1) is 18.5. The normalized spacial score (nSPS) is 10.4. The highest BCUT2D eigenvalue weighted by atomic mass is 16.2. The Labute approximate surface area is 159 Å². The van der Waals surface area contributed by atoms with Crippen LogP contribution >= 0.6 is 0 Å². The maximum atomic E-state index is 12.6. The van der Waals surface area contributed by atoms with Crippen molar-refractivity contribution >= 4 is 17.4 Å². The molecule has 0 aliphatic rings. The van der Waals surface area contributed by atoms with Crippen molar-refractivity contribution in [2.24, 2.45) is 0 Å². The zero-order valence-electron chi connectivity index (χ0n) is 15.6. The second-order valence-corrected chi connectivity index (χ2v) is 6.30. The summed E-state index contributed by atoms with van der Waals surface area (Å²) in [5.41, 5.74) is 3.71. The Bertz CT molecular complexity index is 881. The molecule has 0 bridgehead atoms. The van der Waals surface area contributed by atoms with E-state index in [0.29, 0.717) is 18.1 Å². The number of carbonyl (C=O) groups is 1. The molecule has 6 nitrogen and oxygen atoms in total. The molecule has 27 heavy (non-hydrogen) atoms. The van der Waals surface area contributed by atoms with Crippen molar-refractivity contribution in [1.29, 1.82) is 0 Å². The van der Waals surface area contributed by atoms with Gasteiger partial charge in [-0.1, -0.05) is 19.1 Å². The van der Waals surface area contributed by atoms with E-state index in [-0.39, 0.29) is 5.91 Å². The second-order valence-electron chi connectivity index (χ2n) is 6.30. The Morgan fingerprint density at radius 1 is 1.04 bits per heavy atom. The lowest BCUT2D eigenvalue weighted by molar-refractivity contribution is 0.0790. The molecule has 3 rings (SSSR count). The number of benzene rings is 1. The highest BCUT2D eigenvalue weighted by Crippen LogP contribution is 2.16. The lowest BCUT2D eigenvalue weighted by Gasteiger charge is -2.17. The van der Waals surface area contributed by atoms with Crippen molar-refractivity contribution in [1.82, 2.24) is 19.9 Å². The zero-order valence-corrected chi connectivity index (χ0v) is 15.6. The average Bonchev–Trinajstić information content (AvgIpc) is 2.73. The summed E-state index contributed by atoms with van der Waals surface area (Å²) in [6, 6.07) is 13.7. The monoisotopic (exact) mass is 361 g/mol. The molecule has 6 heteroatoms. The smallest absolute Gasteiger partial charge is 0.272 e. The molecule has 0 aliphatic heterocycles. The lowest BCUT2D eigenvalue weighted by Crippen LogP contribution is -2.29. The molecule has 1 aromatic carbocycles. The van der Waals surface area contributed by atoms with Crippen molar-refractivity contribution < 1.29 is 4.79 Å². The first-order valence-corrected chi connectivity index (χ1v) is 8.98.